The summed E-state index contributed by atoms with van der Waals surface area (Å²) in [6.45, 7) is 1.78. The molecule has 0 radical (unpaired) electrons. The zero-order chi connectivity index (χ0) is 17.9. The summed E-state index contributed by atoms with van der Waals surface area (Å²) in [6, 6.07) is 12.8. The molecule has 2 aromatic heterocycles. The summed E-state index contributed by atoms with van der Waals surface area (Å²) in [5, 5.41) is 11.5. The highest BCUT2D eigenvalue weighted by atomic mass is 35.5. The topological polar surface area (TPSA) is 72.1 Å². The predicted octanol–water partition coefficient (Wildman–Crippen LogP) is 3.27. The monoisotopic (exact) mass is 370 g/mol. The molecule has 1 fully saturated rings. The number of hydrogen-bond donors (Lipinski definition) is 2. The van der Waals surface area contributed by atoms with Crippen LogP contribution < -0.4 is 10.6 Å². The van der Waals surface area contributed by atoms with Crippen molar-refractivity contribution < 1.29 is 9.21 Å². The van der Waals surface area contributed by atoms with Gasteiger partial charge in [0, 0.05) is 23.7 Å². The average molecular weight is 371 g/mol. The fraction of sp³-hybridized carbons (Fsp3) is 0.263. The number of piperidine rings is 1. The number of halogens is 1. The minimum atomic E-state index is -0.188. The third kappa shape index (κ3) is 3.52. The first-order valence-corrected chi connectivity index (χ1v) is 9.00. The van der Waals surface area contributed by atoms with Crippen LogP contribution in [0.15, 0.2) is 53.1 Å². The van der Waals surface area contributed by atoms with Gasteiger partial charge in [0.15, 0.2) is 11.5 Å². The van der Waals surface area contributed by atoms with Crippen LogP contribution in [-0.4, -0.2) is 34.8 Å². The Morgan fingerprint density at radius 3 is 2.96 bits per heavy atom. The predicted molar refractivity (Wildman–Crippen MR) is 99.6 cm³/mol. The van der Waals surface area contributed by atoms with Crippen molar-refractivity contribution in [3.8, 4) is 17.1 Å². The summed E-state index contributed by atoms with van der Waals surface area (Å²) in [4.78, 5) is 12.7. The molecule has 0 saturated carbocycles. The van der Waals surface area contributed by atoms with Crippen LogP contribution in [0.25, 0.3) is 17.1 Å². The summed E-state index contributed by atoms with van der Waals surface area (Å²) in [6.07, 6.45) is 3.62. The smallest absolute Gasteiger partial charge is 0.272 e. The van der Waals surface area contributed by atoms with Gasteiger partial charge in [-0.25, -0.2) is 4.68 Å². The average Bonchev–Trinajstić information content (AvgIpc) is 3.32. The first-order valence-electron chi connectivity index (χ1n) is 8.62. The Balaban J connectivity index is 1.68. The van der Waals surface area contributed by atoms with E-state index in [2.05, 4.69) is 15.7 Å². The van der Waals surface area contributed by atoms with Crippen LogP contribution in [0.5, 0.6) is 0 Å². The van der Waals surface area contributed by atoms with Crippen LogP contribution >= 0.6 is 11.6 Å². The molecule has 1 saturated heterocycles. The molecule has 1 aromatic carbocycles. The first kappa shape index (κ1) is 16.9. The van der Waals surface area contributed by atoms with Crippen molar-refractivity contribution in [1.82, 2.24) is 20.4 Å². The van der Waals surface area contributed by atoms with Crippen molar-refractivity contribution in [2.75, 3.05) is 13.1 Å². The van der Waals surface area contributed by atoms with Crippen molar-refractivity contribution in [2.45, 2.75) is 18.9 Å². The van der Waals surface area contributed by atoms with Gasteiger partial charge in [-0.1, -0.05) is 17.7 Å². The van der Waals surface area contributed by atoms with Gasteiger partial charge in [-0.05, 0) is 49.7 Å². The van der Waals surface area contributed by atoms with Gasteiger partial charge in [0.25, 0.3) is 5.91 Å². The highest BCUT2D eigenvalue weighted by Gasteiger charge is 2.21. The number of amides is 1. The Morgan fingerprint density at radius 1 is 1.31 bits per heavy atom. The highest BCUT2D eigenvalue weighted by molar-refractivity contribution is 6.30. The van der Waals surface area contributed by atoms with Gasteiger partial charge in [-0.3, -0.25) is 4.79 Å². The molecule has 7 heteroatoms. The zero-order valence-corrected chi connectivity index (χ0v) is 14.9. The molecule has 2 N–H and O–H groups in total. The number of nitrogens with zero attached hydrogens (tertiary/aromatic N) is 2. The van der Waals surface area contributed by atoms with E-state index in [1.807, 2.05) is 18.2 Å². The van der Waals surface area contributed by atoms with Crippen LogP contribution in [0.3, 0.4) is 0 Å². The number of hydrogen-bond acceptors (Lipinski definition) is 4. The SMILES string of the molecule is O=C(NC1CCCNC1)c1cc(-c2ccco2)n(-c2cccc(Cl)c2)n1. The molecule has 1 amide bonds. The number of furan rings is 1. The number of benzene rings is 1. The Labute approximate surface area is 156 Å². The molecule has 0 spiro atoms. The summed E-state index contributed by atoms with van der Waals surface area (Å²) in [5.74, 6) is 0.447. The second-order valence-electron chi connectivity index (χ2n) is 6.30. The zero-order valence-electron chi connectivity index (χ0n) is 14.1. The van der Waals surface area contributed by atoms with E-state index in [9.17, 15) is 4.79 Å². The molecule has 26 heavy (non-hydrogen) atoms. The van der Waals surface area contributed by atoms with Crippen LogP contribution in [0, 0.1) is 0 Å². The first-order chi connectivity index (χ1) is 12.7. The van der Waals surface area contributed by atoms with Gasteiger partial charge in [0.05, 0.1) is 12.0 Å². The molecule has 4 rings (SSSR count). The Bertz CT molecular complexity index is 898. The standard InChI is InChI=1S/C19H19ClN4O2/c20-13-4-1-6-15(10-13)24-17(18-7-3-9-26-18)11-16(23-24)19(25)22-14-5-2-8-21-12-14/h1,3-4,6-7,9-11,14,21H,2,5,8,12H2,(H,22,25). The maximum absolute atomic E-state index is 12.7. The van der Waals surface area contributed by atoms with Crippen LogP contribution in [0.1, 0.15) is 23.3 Å². The lowest BCUT2D eigenvalue weighted by atomic mass is 10.1. The van der Waals surface area contributed by atoms with Gasteiger partial charge >= 0.3 is 0 Å². The maximum atomic E-state index is 12.7. The molecule has 1 aliphatic rings. The molecule has 3 aromatic rings. The molecule has 1 aliphatic heterocycles. The summed E-state index contributed by atoms with van der Waals surface area (Å²) in [5.41, 5.74) is 1.81. The quantitative estimate of drug-likeness (QED) is 0.739. The van der Waals surface area contributed by atoms with Gasteiger partial charge in [0.2, 0.25) is 0 Å². The number of aromatic nitrogens is 2. The molecule has 1 atom stereocenters. The molecule has 0 bridgehead atoms. The molecular formula is C19H19ClN4O2. The van der Waals surface area contributed by atoms with Crippen molar-refractivity contribution in [3.63, 3.8) is 0 Å². The van der Waals surface area contributed by atoms with Crippen molar-refractivity contribution in [2.24, 2.45) is 0 Å². The normalized spacial score (nSPS) is 17.2. The highest BCUT2D eigenvalue weighted by Crippen LogP contribution is 2.26. The Hall–Kier alpha value is -2.57. The molecule has 0 aliphatic carbocycles. The molecule has 1 unspecified atom stereocenters. The lowest BCUT2D eigenvalue weighted by Gasteiger charge is -2.23. The van der Waals surface area contributed by atoms with E-state index in [4.69, 9.17) is 16.0 Å². The van der Waals surface area contributed by atoms with E-state index in [-0.39, 0.29) is 11.9 Å². The van der Waals surface area contributed by atoms with Gasteiger partial charge in [-0.15, -0.1) is 0 Å². The maximum Gasteiger partial charge on any atom is 0.272 e. The third-order valence-electron chi connectivity index (χ3n) is 4.40. The summed E-state index contributed by atoms with van der Waals surface area (Å²) < 4.78 is 7.20. The van der Waals surface area contributed by atoms with Crippen molar-refractivity contribution >= 4 is 17.5 Å². The van der Waals surface area contributed by atoms with E-state index in [1.54, 1.807) is 35.2 Å². The van der Waals surface area contributed by atoms with E-state index in [0.717, 1.165) is 31.6 Å². The second kappa shape index (κ2) is 7.35. The number of carbonyl (C=O) groups is 1. The Kier molecular flexibility index (Phi) is 4.77. The fourth-order valence-corrected chi connectivity index (χ4v) is 3.32. The van der Waals surface area contributed by atoms with Gasteiger partial charge in [-0.2, -0.15) is 5.10 Å². The van der Waals surface area contributed by atoms with E-state index in [0.29, 0.717) is 22.2 Å². The van der Waals surface area contributed by atoms with Crippen molar-refractivity contribution in [1.29, 1.82) is 0 Å². The minimum Gasteiger partial charge on any atom is -0.463 e. The number of rotatable bonds is 4. The second-order valence-corrected chi connectivity index (χ2v) is 6.74. The molecule has 6 nitrogen and oxygen atoms in total. The van der Waals surface area contributed by atoms with Gasteiger partial charge < -0.3 is 15.1 Å². The Morgan fingerprint density at radius 2 is 2.23 bits per heavy atom. The number of nitrogens with one attached hydrogen (secondary N) is 2. The summed E-state index contributed by atoms with van der Waals surface area (Å²) >= 11 is 6.12. The van der Waals surface area contributed by atoms with E-state index in [1.165, 1.54) is 0 Å². The fourth-order valence-electron chi connectivity index (χ4n) is 3.13. The summed E-state index contributed by atoms with van der Waals surface area (Å²) in [7, 11) is 0. The number of carbonyl (C=O) groups excluding carboxylic acids is 1. The lowest BCUT2D eigenvalue weighted by molar-refractivity contribution is 0.0925. The lowest BCUT2D eigenvalue weighted by Crippen LogP contribution is -2.45. The minimum absolute atomic E-state index is 0.125. The van der Waals surface area contributed by atoms with Crippen LogP contribution in [-0.2, 0) is 0 Å². The van der Waals surface area contributed by atoms with E-state index >= 15 is 0 Å². The van der Waals surface area contributed by atoms with Crippen molar-refractivity contribution in [3.05, 3.63) is 59.4 Å². The third-order valence-corrected chi connectivity index (χ3v) is 4.64. The molecule has 3 heterocycles. The van der Waals surface area contributed by atoms with Crippen LogP contribution in [0.2, 0.25) is 5.02 Å². The van der Waals surface area contributed by atoms with Crippen LogP contribution in [0.4, 0.5) is 0 Å². The van der Waals surface area contributed by atoms with Gasteiger partial charge in [0.1, 0.15) is 5.69 Å². The largest absolute Gasteiger partial charge is 0.463 e. The molecule has 134 valence electrons. The van der Waals surface area contributed by atoms with E-state index < -0.39 is 0 Å². The molecular weight excluding hydrogens is 352 g/mol.